The molecule has 4 rings (SSSR count). The minimum Gasteiger partial charge on any atom is -0.361 e. The van der Waals surface area contributed by atoms with Crippen LogP contribution in [0, 0.1) is 5.82 Å². The second-order valence-corrected chi connectivity index (χ2v) is 9.46. The van der Waals surface area contributed by atoms with Gasteiger partial charge < -0.3 is 15.6 Å². The number of nitrogens with one attached hydrogen (secondary N) is 3. The summed E-state index contributed by atoms with van der Waals surface area (Å²) in [5.41, 5.74) is 3.74. The Balaban J connectivity index is 1.27. The summed E-state index contributed by atoms with van der Waals surface area (Å²) in [5, 5.41) is 7.11. The lowest BCUT2D eigenvalue weighted by atomic mass is 10.1. The van der Waals surface area contributed by atoms with Gasteiger partial charge >= 0.3 is 0 Å². The van der Waals surface area contributed by atoms with Crippen molar-refractivity contribution in [1.82, 2.24) is 15.6 Å². The maximum Gasteiger partial charge on any atom is 0.236 e. The average molecular weight is 444 g/mol. The zero-order valence-electron chi connectivity index (χ0n) is 17.4. The molecule has 0 amide bonds. The summed E-state index contributed by atoms with van der Waals surface area (Å²) < 4.78 is 40.6. The molecule has 0 aliphatic carbocycles. The predicted octanol–water partition coefficient (Wildman–Crippen LogP) is 2.41. The second-order valence-electron chi connectivity index (χ2n) is 7.45. The Kier molecular flexibility index (Phi) is 6.13. The Bertz CT molecular complexity index is 1210. The van der Waals surface area contributed by atoms with E-state index >= 15 is 0 Å². The fraction of sp³-hybridized carbons (Fsp3) is 0.318. The van der Waals surface area contributed by atoms with E-state index in [0.717, 1.165) is 34.1 Å². The van der Waals surface area contributed by atoms with E-state index in [1.165, 1.54) is 16.4 Å². The van der Waals surface area contributed by atoms with Crippen molar-refractivity contribution in [2.75, 3.05) is 36.7 Å². The number of aromatic nitrogens is 1. The van der Waals surface area contributed by atoms with Crippen molar-refractivity contribution >= 4 is 32.6 Å². The lowest BCUT2D eigenvalue weighted by Gasteiger charge is -2.20. The number of nitrogens with zero attached hydrogens (tertiary/aromatic N) is 2. The van der Waals surface area contributed by atoms with E-state index in [4.69, 9.17) is 0 Å². The number of aromatic amines is 1. The zero-order valence-corrected chi connectivity index (χ0v) is 18.2. The summed E-state index contributed by atoms with van der Waals surface area (Å²) >= 11 is 0. The maximum atomic E-state index is 13.5. The number of anilines is 1. The molecular weight excluding hydrogens is 417 g/mol. The molecule has 0 fully saturated rings. The molecule has 7 nitrogen and oxygen atoms in total. The third-order valence-electron chi connectivity index (χ3n) is 5.47. The first-order valence-corrected chi connectivity index (χ1v) is 11.9. The fourth-order valence-electron chi connectivity index (χ4n) is 3.90. The Labute approximate surface area is 181 Å². The van der Waals surface area contributed by atoms with Gasteiger partial charge in [-0.05, 0) is 48.2 Å². The van der Waals surface area contributed by atoms with Crippen LogP contribution in [0.25, 0.3) is 10.9 Å². The lowest BCUT2D eigenvalue weighted by molar-refractivity contribution is 0.591. The van der Waals surface area contributed by atoms with Crippen LogP contribution in [0.2, 0.25) is 0 Å². The number of hydrogen-bond donors (Lipinski definition) is 3. The molecule has 2 aromatic carbocycles. The smallest absolute Gasteiger partial charge is 0.236 e. The van der Waals surface area contributed by atoms with Crippen LogP contribution in [-0.4, -0.2) is 51.8 Å². The fourth-order valence-corrected chi connectivity index (χ4v) is 5.33. The van der Waals surface area contributed by atoms with E-state index < -0.39 is 10.0 Å². The van der Waals surface area contributed by atoms with E-state index in [2.05, 4.69) is 20.6 Å². The standard InChI is InChI=1S/C22H26FN5O2S/c1-24-22(25-10-8-17-15-27-20-7-6-18(23)14-19(17)20)26-11-13-31(29,30)28-12-9-16-4-2-3-5-21(16)28/h2-7,14-15,27H,8-13H2,1H3,(H2,24,25,26). The van der Waals surface area contributed by atoms with Gasteiger partial charge in [-0.2, -0.15) is 0 Å². The molecule has 0 saturated carbocycles. The molecule has 164 valence electrons. The van der Waals surface area contributed by atoms with Gasteiger partial charge in [-0.3, -0.25) is 9.30 Å². The van der Waals surface area contributed by atoms with E-state index in [9.17, 15) is 12.8 Å². The van der Waals surface area contributed by atoms with Gasteiger partial charge in [0, 0.05) is 43.8 Å². The largest absolute Gasteiger partial charge is 0.361 e. The highest BCUT2D eigenvalue weighted by molar-refractivity contribution is 7.92. The van der Waals surface area contributed by atoms with E-state index in [-0.39, 0.29) is 18.1 Å². The van der Waals surface area contributed by atoms with Crippen LogP contribution in [0.4, 0.5) is 10.1 Å². The number of halogens is 1. The summed E-state index contributed by atoms with van der Waals surface area (Å²) in [6, 6.07) is 12.3. The van der Waals surface area contributed by atoms with Gasteiger partial charge in [-0.25, -0.2) is 12.8 Å². The summed E-state index contributed by atoms with van der Waals surface area (Å²) in [7, 11) is -1.77. The molecule has 0 bridgehead atoms. The number of aliphatic imine (C=N–C) groups is 1. The van der Waals surface area contributed by atoms with Crippen molar-refractivity contribution in [2.24, 2.45) is 4.99 Å². The van der Waals surface area contributed by atoms with E-state index in [0.29, 0.717) is 25.5 Å². The number of para-hydroxylation sites is 1. The number of hydrogen-bond acceptors (Lipinski definition) is 3. The Hall–Kier alpha value is -3.07. The van der Waals surface area contributed by atoms with Gasteiger partial charge in [0.25, 0.3) is 0 Å². The molecule has 0 radical (unpaired) electrons. The molecule has 0 saturated heterocycles. The number of rotatable bonds is 7. The number of sulfonamides is 1. The van der Waals surface area contributed by atoms with Crippen LogP contribution in [0.5, 0.6) is 0 Å². The molecule has 0 unspecified atom stereocenters. The predicted molar refractivity (Wildman–Crippen MR) is 123 cm³/mol. The minimum atomic E-state index is -3.41. The molecule has 0 atom stereocenters. The first-order valence-electron chi connectivity index (χ1n) is 10.3. The van der Waals surface area contributed by atoms with Gasteiger partial charge in [0.1, 0.15) is 5.82 Å². The summed E-state index contributed by atoms with van der Waals surface area (Å²) in [6.07, 6.45) is 3.29. The zero-order chi connectivity index (χ0) is 21.8. The minimum absolute atomic E-state index is 0.0240. The van der Waals surface area contributed by atoms with Crippen LogP contribution in [0.15, 0.2) is 53.7 Å². The van der Waals surface area contributed by atoms with Crippen LogP contribution in [0.1, 0.15) is 11.1 Å². The Morgan fingerprint density at radius 1 is 1.19 bits per heavy atom. The molecule has 1 aromatic heterocycles. The normalized spacial score (nSPS) is 14.1. The molecular formula is C22H26FN5O2S. The number of fused-ring (bicyclic) bond motifs is 2. The van der Waals surface area contributed by atoms with Crippen LogP contribution in [-0.2, 0) is 22.9 Å². The quantitative estimate of drug-likeness (QED) is 0.386. The number of benzene rings is 2. The topological polar surface area (TPSA) is 89.6 Å². The summed E-state index contributed by atoms with van der Waals surface area (Å²) in [4.78, 5) is 7.30. The Morgan fingerprint density at radius 3 is 2.84 bits per heavy atom. The van der Waals surface area contributed by atoms with Crippen molar-refractivity contribution in [1.29, 1.82) is 0 Å². The lowest BCUT2D eigenvalue weighted by Crippen LogP contribution is -2.42. The van der Waals surface area contributed by atoms with Crippen LogP contribution < -0.4 is 14.9 Å². The van der Waals surface area contributed by atoms with E-state index in [1.54, 1.807) is 13.1 Å². The van der Waals surface area contributed by atoms with Crippen molar-refractivity contribution < 1.29 is 12.8 Å². The van der Waals surface area contributed by atoms with Gasteiger partial charge in [0.05, 0.1) is 11.4 Å². The first kappa shape index (κ1) is 21.2. The highest BCUT2D eigenvalue weighted by atomic mass is 32.2. The number of guanidine groups is 1. The molecule has 1 aliphatic rings. The van der Waals surface area contributed by atoms with Crippen LogP contribution >= 0.6 is 0 Å². The third-order valence-corrected chi connectivity index (χ3v) is 7.24. The molecule has 9 heteroatoms. The van der Waals surface area contributed by atoms with Gasteiger partial charge in [0.2, 0.25) is 10.0 Å². The van der Waals surface area contributed by atoms with E-state index in [1.807, 2.05) is 30.5 Å². The van der Waals surface area contributed by atoms with Gasteiger partial charge in [-0.15, -0.1) is 0 Å². The molecule has 1 aliphatic heterocycles. The van der Waals surface area contributed by atoms with Crippen molar-refractivity contribution in [2.45, 2.75) is 12.8 Å². The average Bonchev–Trinajstić information content (AvgIpc) is 3.37. The summed E-state index contributed by atoms with van der Waals surface area (Å²) in [5.74, 6) is 0.243. The van der Waals surface area contributed by atoms with Crippen LogP contribution in [0.3, 0.4) is 0 Å². The molecule has 31 heavy (non-hydrogen) atoms. The monoisotopic (exact) mass is 443 g/mol. The molecule has 3 N–H and O–H groups in total. The Morgan fingerprint density at radius 2 is 2.00 bits per heavy atom. The van der Waals surface area contributed by atoms with Gasteiger partial charge in [0.15, 0.2) is 5.96 Å². The third kappa shape index (κ3) is 4.66. The second kappa shape index (κ2) is 8.97. The molecule has 0 spiro atoms. The first-order chi connectivity index (χ1) is 15.0. The van der Waals surface area contributed by atoms with Crippen molar-refractivity contribution in [3.8, 4) is 0 Å². The van der Waals surface area contributed by atoms with Crippen molar-refractivity contribution in [3.63, 3.8) is 0 Å². The molecule has 2 heterocycles. The highest BCUT2D eigenvalue weighted by Gasteiger charge is 2.28. The SMILES string of the molecule is CN=C(NCCc1c[nH]c2ccc(F)cc12)NCCS(=O)(=O)N1CCc2ccccc21. The molecule has 3 aromatic rings. The maximum absolute atomic E-state index is 13.5. The summed E-state index contributed by atoms with van der Waals surface area (Å²) in [6.45, 7) is 1.31. The highest BCUT2D eigenvalue weighted by Crippen LogP contribution is 2.29. The van der Waals surface area contributed by atoms with Crippen molar-refractivity contribution in [3.05, 3.63) is 65.6 Å². The van der Waals surface area contributed by atoms with Gasteiger partial charge in [-0.1, -0.05) is 18.2 Å². The number of H-pyrrole nitrogens is 1.